The molecule has 0 bridgehead atoms. The van der Waals surface area contributed by atoms with Crippen molar-refractivity contribution in [2.24, 2.45) is 23.2 Å². The number of nitrogens with zero attached hydrogens (tertiary/aromatic N) is 4. The van der Waals surface area contributed by atoms with Crippen LogP contribution in [0.15, 0.2) is 29.4 Å². The van der Waals surface area contributed by atoms with E-state index in [1.165, 1.54) is 11.0 Å². The van der Waals surface area contributed by atoms with Crippen molar-refractivity contribution in [1.82, 2.24) is 14.7 Å². The third-order valence-corrected chi connectivity index (χ3v) is 5.86. The van der Waals surface area contributed by atoms with Gasteiger partial charge in [-0.05, 0) is 39.0 Å². The topological polar surface area (TPSA) is 88.5 Å². The summed E-state index contributed by atoms with van der Waals surface area (Å²) in [6.45, 7) is 5.59. The number of hydrogen-bond donors (Lipinski definition) is 2. The number of carbonyl (C=O) groups excluding carboxylic acids is 1. The molecule has 2 heterocycles. The Morgan fingerprint density at radius 3 is 2.57 bits per heavy atom. The van der Waals surface area contributed by atoms with E-state index < -0.39 is 16.8 Å². The van der Waals surface area contributed by atoms with Gasteiger partial charge in [0.1, 0.15) is 17.1 Å². The van der Waals surface area contributed by atoms with Gasteiger partial charge in [-0.3, -0.25) is 14.4 Å². The van der Waals surface area contributed by atoms with Gasteiger partial charge < -0.3 is 11.1 Å². The SMILES string of the molecule is CN1C(=O)C(C)(C)C(C)(c2cc(NCc3nn(C)cc3Cl)ccc2F)N=C1N. The summed E-state index contributed by atoms with van der Waals surface area (Å²) in [5, 5.41) is 8.02. The quantitative estimate of drug-likeness (QED) is 0.817. The van der Waals surface area contributed by atoms with Gasteiger partial charge in [0.15, 0.2) is 5.96 Å². The van der Waals surface area contributed by atoms with E-state index in [0.29, 0.717) is 28.5 Å². The van der Waals surface area contributed by atoms with Gasteiger partial charge in [-0.2, -0.15) is 5.10 Å². The summed E-state index contributed by atoms with van der Waals surface area (Å²) in [6, 6.07) is 4.63. The second-order valence-corrected chi connectivity index (χ2v) is 8.08. The third kappa shape index (κ3) is 3.11. The second-order valence-electron chi connectivity index (χ2n) is 7.68. The molecule has 1 aromatic heterocycles. The molecule has 0 aliphatic carbocycles. The van der Waals surface area contributed by atoms with E-state index in [-0.39, 0.29) is 11.9 Å². The summed E-state index contributed by atoms with van der Waals surface area (Å²) >= 11 is 6.14. The van der Waals surface area contributed by atoms with Gasteiger partial charge in [0, 0.05) is 31.5 Å². The number of aliphatic imine (C=N–C) groups is 1. The summed E-state index contributed by atoms with van der Waals surface area (Å²) in [4.78, 5) is 18.6. The fraction of sp³-hybridized carbons (Fsp3) is 0.421. The second kappa shape index (κ2) is 6.77. The highest BCUT2D eigenvalue weighted by Gasteiger charge is 2.53. The summed E-state index contributed by atoms with van der Waals surface area (Å²) in [7, 11) is 3.35. The summed E-state index contributed by atoms with van der Waals surface area (Å²) in [6.07, 6.45) is 1.71. The molecule has 3 rings (SSSR count). The monoisotopic (exact) mass is 406 g/mol. The van der Waals surface area contributed by atoms with Crippen molar-refractivity contribution in [2.75, 3.05) is 12.4 Å². The van der Waals surface area contributed by atoms with Crippen LogP contribution in [0.2, 0.25) is 5.02 Å². The number of aryl methyl sites for hydroxylation is 1. The largest absolute Gasteiger partial charge is 0.379 e. The molecule has 0 saturated heterocycles. The maximum absolute atomic E-state index is 14.8. The summed E-state index contributed by atoms with van der Waals surface area (Å²) < 4.78 is 16.5. The maximum atomic E-state index is 14.8. The fourth-order valence-corrected chi connectivity index (χ4v) is 3.64. The van der Waals surface area contributed by atoms with Crippen molar-refractivity contribution in [3.05, 3.63) is 46.5 Å². The third-order valence-electron chi connectivity index (χ3n) is 5.54. The maximum Gasteiger partial charge on any atom is 0.237 e. The Morgan fingerprint density at radius 1 is 1.29 bits per heavy atom. The van der Waals surface area contributed by atoms with Crippen LogP contribution >= 0.6 is 11.6 Å². The molecular formula is C19H24ClFN6O. The number of aromatic nitrogens is 2. The molecule has 2 aromatic rings. The number of halogens is 2. The average Bonchev–Trinajstić information content (AvgIpc) is 2.95. The minimum atomic E-state index is -1.16. The normalized spacial score (nSPS) is 21.6. The zero-order valence-corrected chi connectivity index (χ0v) is 17.3. The Balaban J connectivity index is 1.99. The number of benzene rings is 1. The lowest BCUT2D eigenvalue weighted by atomic mass is 9.67. The molecule has 1 atom stereocenters. The average molecular weight is 407 g/mol. The number of carbonyl (C=O) groups is 1. The molecule has 0 saturated carbocycles. The van der Waals surface area contributed by atoms with E-state index in [2.05, 4.69) is 15.4 Å². The minimum absolute atomic E-state index is 0.0601. The van der Waals surface area contributed by atoms with Crippen molar-refractivity contribution in [1.29, 1.82) is 0 Å². The molecule has 1 amide bonds. The first-order chi connectivity index (χ1) is 13.0. The van der Waals surface area contributed by atoms with Crippen LogP contribution in [-0.2, 0) is 23.9 Å². The zero-order valence-electron chi connectivity index (χ0n) is 16.5. The predicted octanol–water partition coefficient (Wildman–Crippen LogP) is 2.85. The van der Waals surface area contributed by atoms with E-state index in [9.17, 15) is 9.18 Å². The predicted molar refractivity (Wildman–Crippen MR) is 107 cm³/mol. The molecule has 1 aliphatic rings. The Morgan fingerprint density at radius 2 is 1.96 bits per heavy atom. The van der Waals surface area contributed by atoms with Gasteiger partial charge in [-0.15, -0.1) is 0 Å². The summed E-state index contributed by atoms with van der Waals surface area (Å²) in [5.41, 5.74) is 5.42. The number of hydrogen-bond acceptors (Lipinski definition) is 5. The molecule has 7 nitrogen and oxygen atoms in total. The van der Waals surface area contributed by atoms with Gasteiger partial charge in [0.05, 0.1) is 17.0 Å². The molecule has 0 spiro atoms. The van der Waals surface area contributed by atoms with Crippen molar-refractivity contribution in [2.45, 2.75) is 32.9 Å². The van der Waals surface area contributed by atoms with E-state index in [0.717, 1.165) is 0 Å². The molecule has 28 heavy (non-hydrogen) atoms. The molecule has 3 N–H and O–H groups in total. The van der Waals surface area contributed by atoms with Crippen LogP contribution in [0.3, 0.4) is 0 Å². The molecule has 1 unspecified atom stereocenters. The van der Waals surface area contributed by atoms with Crippen molar-refractivity contribution in [3.63, 3.8) is 0 Å². The number of guanidine groups is 1. The molecule has 1 aliphatic heterocycles. The first kappa shape index (κ1) is 20.1. The number of amides is 1. The van der Waals surface area contributed by atoms with Gasteiger partial charge in [0.2, 0.25) is 5.91 Å². The number of nitrogens with one attached hydrogen (secondary N) is 1. The van der Waals surface area contributed by atoms with Crippen LogP contribution in [0.1, 0.15) is 32.0 Å². The molecule has 0 fully saturated rings. The van der Waals surface area contributed by atoms with Crippen LogP contribution in [-0.4, -0.2) is 33.6 Å². The van der Waals surface area contributed by atoms with Crippen LogP contribution in [0.5, 0.6) is 0 Å². The Labute approximate surface area is 168 Å². The first-order valence-corrected chi connectivity index (χ1v) is 9.20. The fourth-order valence-electron chi connectivity index (χ4n) is 3.39. The van der Waals surface area contributed by atoms with Crippen LogP contribution in [0.25, 0.3) is 0 Å². The van der Waals surface area contributed by atoms with E-state index in [1.54, 1.807) is 57.9 Å². The molecule has 0 radical (unpaired) electrons. The highest BCUT2D eigenvalue weighted by Crippen LogP contribution is 2.47. The lowest BCUT2D eigenvalue weighted by Gasteiger charge is -2.46. The van der Waals surface area contributed by atoms with Gasteiger partial charge in [-0.1, -0.05) is 11.6 Å². The first-order valence-electron chi connectivity index (χ1n) is 8.83. The highest BCUT2D eigenvalue weighted by atomic mass is 35.5. The smallest absolute Gasteiger partial charge is 0.237 e. The number of nitrogens with two attached hydrogens (primary N) is 1. The number of anilines is 1. The van der Waals surface area contributed by atoms with Gasteiger partial charge in [-0.25, -0.2) is 9.38 Å². The van der Waals surface area contributed by atoms with E-state index in [1.807, 2.05) is 0 Å². The lowest BCUT2D eigenvalue weighted by Crippen LogP contribution is -2.58. The summed E-state index contributed by atoms with van der Waals surface area (Å²) in [5.74, 6) is -0.615. The molecule has 1 aromatic carbocycles. The molecular weight excluding hydrogens is 383 g/mol. The van der Waals surface area contributed by atoms with E-state index in [4.69, 9.17) is 17.3 Å². The Bertz CT molecular complexity index is 969. The van der Waals surface area contributed by atoms with Crippen molar-refractivity contribution < 1.29 is 9.18 Å². The van der Waals surface area contributed by atoms with Gasteiger partial charge in [0.25, 0.3) is 0 Å². The van der Waals surface area contributed by atoms with Crippen LogP contribution < -0.4 is 11.1 Å². The number of rotatable bonds is 4. The zero-order chi connectivity index (χ0) is 20.9. The lowest BCUT2D eigenvalue weighted by molar-refractivity contribution is -0.140. The Kier molecular flexibility index (Phi) is 4.87. The van der Waals surface area contributed by atoms with Gasteiger partial charge >= 0.3 is 0 Å². The van der Waals surface area contributed by atoms with Crippen molar-refractivity contribution >= 4 is 29.2 Å². The molecule has 150 valence electrons. The van der Waals surface area contributed by atoms with Crippen LogP contribution in [0.4, 0.5) is 10.1 Å². The highest BCUT2D eigenvalue weighted by molar-refractivity contribution is 6.31. The minimum Gasteiger partial charge on any atom is -0.379 e. The molecule has 9 heteroatoms. The Hall–Kier alpha value is -2.61. The van der Waals surface area contributed by atoms with Crippen LogP contribution in [0, 0.1) is 11.2 Å². The standard InChI is InChI=1S/C19H24ClFN6O/c1-18(2)16(28)27(5)17(22)24-19(18,3)12-8-11(6-7-14(12)21)23-9-15-13(20)10-26(4)25-15/h6-8,10,23H,9H2,1-5H3,(H2,22,24). The van der Waals surface area contributed by atoms with E-state index >= 15 is 0 Å². The van der Waals surface area contributed by atoms with Crippen molar-refractivity contribution in [3.8, 4) is 0 Å².